The average Bonchev–Trinajstić information content (AvgIpc) is 3.08. The summed E-state index contributed by atoms with van der Waals surface area (Å²) in [6.45, 7) is 2.02. The SMILES string of the molecule is CCSC1=NN2C(=c3cc(Br)ccc3=NC2c2ccc[nH]2)C(=O)N1. The molecule has 0 aliphatic carbocycles. The summed E-state index contributed by atoms with van der Waals surface area (Å²) < 4.78 is 0.896. The van der Waals surface area contributed by atoms with Crippen LogP contribution in [0.25, 0.3) is 5.70 Å². The quantitative estimate of drug-likeness (QED) is 0.800. The Morgan fingerprint density at radius 2 is 2.25 bits per heavy atom. The van der Waals surface area contributed by atoms with Gasteiger partial charge >= 0.3 is 0 Å². The summed E-state index contributed by atoms with van der Waals surface area (Å²) in [5.41, 5.74) is 1.40. The highest BCUT2D eigenvalue weighted by atomic mass is 79.9. The maximum atomic E-state index is 12.8. The van der Waals surface area contributed by atoms with Gasteiger partial charge in [-0.15, -0.1) is 5.10 Å². The highest BCUT2D eigenvalue weighted by molar-refractivity contribution is 9.10. The van der Waals surface area contributed by atoms with Crippen LogP contribution >= 0.6 is 27.7 Å². The Morgan fingerprint density at radius 3 is 3.00 bits per heavy atom. The minimum atomic E-state index is -0.387. The first-order valence-corrected chi connectivity index (χ1v) is 9.28. The van der Waals surface area contributed by atoms with Crippen LogP contribution < -0.4 is 15.9 Å². The Bertz CT molecular complexity index is 953. The summed E-state index contributed by atoms with van der Waals surface area (Å²) in [5.74, 6) is 0.668. The van der Waals surface area contributed by atoms with Crippen LogP contribution in [-0.4, -0.2) is 26.8 Å². The van der Waals surface area contributed by atoms with Crippen molar-refractivity contribution in [1.82, 2.24) is 15.3 Å². The van der Waals surface area contributed by atoms with Crippen LogP contribution in [0, 0.1) is 0 Å². The van der Waals surface area contributed by atoms with Gasteiger partial charge in [0, 0.05) is 15.9 Å². The number of carbonyl (C=O) groups is 1. The van der Waals surface area contributed by atoms with E-state index in [-0.39, 0.29) is 12.1 Å². The Labute approximate surface area is 150 Å². The fourth-order valence-electron chi connectivity index (χ4n) is 2.76. The highest BCUT2D eigenvalue weighted by Gasteiger charge is 2.34. The third-order valence-electron chi connectivity index (χ3n) is 3.75. The molecule has 0 bridgehead atoms. The lowest BCUT2D eigenvalue weighted by Crippen LogP contribution is -2.50. The molecule has 2 aliphatic heterocycles. The molecule has 8 heteroatoms. The predicted octanol–water partition coefficient (Wildman–Crippen LogP) is 1.67. The number of fused-ring (bicyclic) bond motifs is 2. The second-order valence-electron chi connectivity index (χ2n) is 5.28. The Kier molecular flexibility index (Phi) is 3.93. The second kappa shape index (κ2) is 6.10. The number of nitrogens with zero attached hydrogens (tertiary/aromatic N) is 3. The van der Waals surface area contributed by atoms with E-state index in [0.717, 1.165) is 26.5 Å². The van der Waals surface area contributed by atoms with Crippen molar-refractivity contribution in [3.63, 3.8) is 0 Å². The van der Waals surface area contributed by atoms with Crippen LogP contribution in [0.1, 0.15) is 18.8 Å². The maximum Gasteiger partial charge on any atom is 0.276 e. The standard InChI is InChI=1S/C16H14BrN5OS/c1-2-24-16-20-15(23)13-10-8-9(17)5-6-11(10)19-14(22(13)21-16)12-4-3-7-18-12/h3-8,14,18H,2H2,1H3,(H,20,21,23). The molecule has 2 N–H and O–H groups in total. The molecule has 1 unspecified atom stereocenters. The second-order valence-corrected chi connectivity index (χ2v) is 7.44. The lowest BCUT2D eigenvalue weighted by atomic mass is 10.1. The number of H-pyrrole nitrogens is 1. The van der Waals surface area contributed by atoms with Gasteiger partial charge in [-0.1, -0.05) is 34.6 Å². The van der Waals surface area contributed by atoms with E-state index in [1.807, 2.05) is 43.5 Å². The van der Waals surface area contributed by atoms with Gasteiger partial charge in [0.1, 0.15) is 5.70 Å². The van der Waals surface area contributed by atoms with E-state index in [1.165, 1.54) is 11.8 Å². The van der Waals surface area contributed by atoms with Crippen LogP contribution in [0.2, 0.25) is 0 Å². The molecule has 1 atom stereocenters. The lowest BCUT2D eigenvalue weighted by molar-refractivity contribution is -0.116. The molecule has 0 radical (unpaired) electrons. The summed E-state index contributed by atoms with van der Waals surface area (Å²) in [4.78, 5) is 20.7. The van der Waals surface area contributed by atoms with Crippen molar-refractivity contribution in [2.24, 2.45) is 10.1 Å². The molecule has 2 aliphatic rings. The van der Waals surface area contributed by atoms with Gasteiger partial charge in [-0.05, 0) is 36.1 Å². The minimum Gasteiger partial charge on any atom is -0.362 e. The number of rotatable bonds is 2. The van der Waals surface area contributed by atoms with Crippen molar-refractivity contribution in [2.75, 3.05) is 5.75 Å². The molecule has 0 fully saturated rings. The van der Waals surface area contributed by atoms with Gasteiger partial charge in [0.2, 0.25) is 0 Å². The van der Waals surface area contributed by atoms with Crippen molar-refractivity contribution in [2.45, 2.75) is 13.1 Å². The van der Waals surface area contributed by atoms with Crippen molar-refractivity contribution >= 4 is 44.5 Å². The molecule has 1 amide bonds. The summed E-state index contributed by atoms with van der Waals surface area (Å²) >= 11 is 4.96. The van der Waals surface area contributed by atoms with Crippen molar-refractivity contribution in [3.05, 3.63) is 57.3 Å². The number of halogens is 1. The first-order valence-electron chi connectivity index (χ1n) is 7.50. The van der Waals surface area contributed by atoms with Gasteiger partial charge in [-0.25, -0.2) is 5.01 Å². The summed E-state index contributed by atoms with van der Waals surface area (Å²) in [6.07, 6.45) is 1.46. The normalized spacial score (nSPS) is 19.2. The highest BCUT2D eigenvalue weighted by Crippen LogP contribution is 2.29. The molecule has 3 heterocycles. The number of amides is 1. The molecule has 4 rings (SSSR count). The number of benzene rings is 1. The minimum absolute atomic E-state index is 0.160. The van der Waals surface area contributed by atoms with E-state index in [1.54, 1.807) is 5.01 Å². The Morgan fingerprint density at radius 1 is 1.38 bits per heavy atom. The zero-order chi connectivity index (χ0) is 16.7. The van der Waals surface area contributed by atoms with Crippen LogP contribution in [0.3, 0.4) is 0 Å². The van der Waals surface area contributed by atoms with Crippen LogP contribution in [0.15, 0.2) is 51.1 Å². The zero-order valence-electron chi connectivity index (χ0n) is 12.8. The number of carbonyl (C=O) groups excluding carboxylic acids is 1. The third-order valence-corrected chi connectivity index (χ3v) is 4.99. The molecule has 0 saturated heterocycles. The Hall–Kier alpha value is -2.06. The van der Waals surface area contributed by atoms with E-state index >= 15 is 0 Å². The van der Waals surface area contributed by atoms with Crippen LogP contribution in [0.5, 0.6) is 0 Å². The number of thioether (sulfide) groups is 1. The maximum absolute atomic E-state index is 12.8. The molecule has 0 spiro atoms. The van der Waals surface area contributed by atoms with E-state index in [4.69, 9.17) is 4.99 Å². The predicted molar refractivity (Wildman–Crippen MR) is 97.4 cm³/mol. The molecular weight excluding hydrogens is 390 g/mol. The molecule has 0 saturated carbocycles. The molecule has 2 aromatic rings. The number of nitrogens with one attached hydrogen (secondary N) is 2. The average molecular weight is 404 g/mol. The largest absolute Gasteiger partial charge is 0.362 e. The number of hydrogen-bond acceptors (Lipinski definition) is 5. The Balaban J connectivity index is 1.98. The molecular formula is C16H14BrN5OS. The van der Waals surface area contributed by atoms with Crippen molar-refractivity contribution in [1.29, 1.82) is 0 Å². The summed E-state index contributed by atoms with van der Waals surface area (Å²) in [6, 6.07) is 9.60. The number of hydrazone groups is 1. The van der Waals surface area contributed by atoms with Gasteiger partial charge < -0.3 is 4.98 Å². The monoisotopic (exact) mass is 403 g/mol. The lowest BCUT2D eigenvalue weighted by Gasteiger charge is -2.33. The topological polar surface area (TPSA) is 72.8 Å². The smallest absolute Gasteiger partial charge is 0.276 e. The molecule has 6 nitrogen and oxygen atoms in total. The number of hydrogen-bond donors (Lipinski definition) is 2. The number of amidine groups is 1. The molecule has 122 valence electrons. The first kappa shape index (κ1) is 15.5. The van der Waals surface area contributed by atoms with Gasteiger partial charge in [0.25, 0.3) is 5.91 Å². The fraction of sp³-hybridized carbons (Fsp3) is 0.188. The van der Waals surface area contributed by atoms with E-state index in [0.29, 0.717) is 10.9 Å². The molecule has 1 aromatic heterocycles. The molecule has 1 aromatic carbocycles. The van der Waals surface area contributed by atoms with E-state index < -0.39 is 0 Å². The van der Waals surface area contributed by atoms with Gasteiger partial charge in [0.05, 0.1) is 11.1 Å². The fourth-order valence-corrected chi connectivity index (χ4v) is 3.71. The van der Waals surface area contributed by atoms with Crippen LogP contribution in [0.4, 0.5) is 0 Å². The number of aromatic nitrogens is 1. The zero-order valence-corrected chi connectivity index (χ0v) is 15.2. The van der Waals surface area contributed by atoms with Gasteiger partial charge in [-0.2, -0.15) is 0 Å². The van der Waals surface area contributed by atoms with Crippen LogP contribution in [-0.2, 0) is 4.79 Å². The van der Waals surface area contributed by atoms with Crippen molar-refractivity contribution in [3.8, 4) is 0 Å². The third kappa shape index (κ3) is 2.55. The van der Waals surface area contributed by atoms with Crippen molar-refractivity contribution < 1.29 is 4.79 Å². The van der Waals surface area contributed by atoms with E-state index in [9.17, 15) is 4.79 Å². The molecule has 24 heavy (non-hydrogen) atoms. The van der Waals surface area contributed by atoms with E-state index in [2.05, 4.69) is 31.3 Å². The van der Waals surface area contributed by atoms with Gasteiger partial charge in [0.15, 0.2) is 11.3 Å². The first-order chi connectivity index (χ1) is 11.7. The summed E-state index contributed by atoms with van der Waals surface area (Å²) in [7, 11) is 0. The van der Waals surface area contributed by atoms with Gasteiger partial charge in [-0.3, -0.25) is 15.1 Å². The summed E-state index contributed by atoms with van der Waals surface area (Å²) in [5, 5.41) is 11.3. The number of aromatic amines is 1.